The van der Waals surface area contributed by atoms with Crippen LogP contribution in [0.4, 0.5) is 0 Å². The minimum atomic E-state index is -0.0490. The molecule has 0 bridgehead atoms. The van der Waals surface area contributed by atoms with Gasteiger partial charge in [0.25, 0.3) is 5.91 Å². The fourth-order valence-electron chi connectivity index (χ4n) is 1.70. The van der Waals surface area contributed by atoms with Crippen LogP contribution in [0.3, 0.4) is 0 Å². The van der Waals surface area contributed by atoms with Crippen molar-refractivity contribution < 1.29 is 4.79 Å². The zero-order chi connectivity index (χ0) is 13.5. The summed E-state index contributed by atoms with van der Waals surface area (Å²) in [6.07, 6.45) is 2.11. The highest BCUT2D eigenvalue weighted by atomic mass is 79.9. The molecule has 1 N–H and O–H groups in total. The molecule has 1 aromatic carbocycles. The van der Waals surface area contributed by atoms with Gasteiger partial charge < -0.3 is 5.32 Å². The molecule has 0 aliphatic heterocycles. The Balaban J connectivity index is 2.41. The van der Waals surface area contributed by atoms with Crippen LogP contribution in [0.2, 0.25) is 5.02 Å². The van der Waals surface area contributed by atoms with Gasteiger partial charge in [0, 0.05) is 22.5 Å². The molecule has 1 atom stereocenters. The Morgan fingerprint density at radius 3 is 2.78 bits per heavy atom. The van der Waals surface area contributed by atoms with Crippen LogP contribution in [0.5, 0.6) is 0 Å². The predicted molar refractivity (Wildman–Crippen MR) is 80.7 cm³/mol. The van der Waals surface area contributed by atoms with Gasteiger partial charge in [-0.25, -0.2) is 0 Å². The fourth-order valence-corrected chi connectivity index (χ4v) is 2.31. The standard InChI is InChI=1S/C14H19BrClNO/c1-10(9-15)4-3-5-17-14(18)12-6-11(2)7-13(16)8-12/h6-8,10H,3-5,9H2,1-2H3,(H,17,18). The van der Waals surface area contributed by atoms with Gasteiger partial charge in [-0.2, -0.15) is 0 Å². The number of benzene rings is 1. The van der Waals surface area contributed by atoms with Gasteiger partial charge in [-0.05, 0) is 49.4 Å². The molecule has 0 spiro atoms. The van der Waals surface area contributed by atoms with E-state index in [1.165, 1.54) is 0 Å². The highest BCUT2D eigenvalue weighted by Gasteiger charge is 2.07. The van der Waals surface area contributed by atoms with Crippen LogP contribution in [-0.4, -0.2) is 17.8 Å². The van der Waals surface area contributed by atoms with Gasteiger partial charge in [0.05, 0.1) is 0 Å². The molecule has 1 rings (SSSR count). The third-order valence-corrected chi connectivity index (χ3v) is 4.05. The second-order valence-corrected chi connectivity index (χ2v) is 5.76. The fraction of sp³-hybridized carbons (Fsp3) is 0.500. The van der Waals surface area contributed by atoms with Crippen molar-refractivity contribution in [1.29, 1.82) is 0 Å². The lowest BCUT2D eigenvalue weighted by atomic mass is 10.1. The van der Waals surface area contributed by atoms with Crippen molar-refractivity contribution in [3.05, 3.63) is 34.3 Å². The molecule has 0 saturated heterocycles. The summed E-state index contributed by atoms with van der Waals surface area (Å²) in [7, 11) is 0. The monoisotopic (exact) mass is 331 g/mol. The number of alkyl halides is 1. The lowest BCUT2D eigenvalue weighted by molar-refractivity contribution is 0.0952. The number of hydrogen-bond donors (Lipinski definition) is 1. The molecule has 18 heavy (non-hydrogen) atoms. The summed E-state index contributed by atoms with van der Waals surface area (Å²) < 4.78 is 0. The van der Waals surface area contributed by atoms with Crippen LogP contribution in [0.25, 0.3) is 0 Å². The molecule has 0 saturated carbocycles. The molecule has 0 radical (unpaired) electrons. The van der Waals surface area contributed by atoms with Crippen molar-refractivity contribution in [2.45, 2.75) is 26.7 Å². The molecule has 0 aliphatic rings. The first-order chi connectivity index (χ1) is 8.52. The first-order valence-electron chi connectivity index (χ1n) is 6.14. The summed E-state index contributed by atoms with van der Waals surface area (Å²) in [5.74, 6) is 0.599. The number of hydrogen-bond acceptors (Lipinski definition) is 1. The topological polar surface area (TPSA) is 29.1 Å². The van der Waals surface area contributed by atoms with Crippen molar-refractivity contribution in [1.82, 2.24) is 5.32 Å². The summed E-state index contributed by atoms with van der Waals surface area (Å²) in [4.78, 5) is 11.9. The SMILES string of the molecule is Cc1cc(Cl)cc(C(=O)NCCCC(C)CBr)c1. The lowest BCUT2D eigenvalue weighted by Gasteiger charge is -2.09. The van der Waals surface area contributed by atoms with E-state index in [0.29, 0.717) is 23.0 Å². The largest absolute Gasteiger partial charge is 0.352 e. The van der Waals surface area contributed by atoms with Crippen molar-refractivity contribution in [3.63, 3.8) is 0 Å². The van der Waals surface area contributed by atoms with E-state index in [1.54, 1.807) is 6.07 Å². The van der Waals surface area contributed by atoms with Gasteiger partial charge in [-0.15, -0.1) is 0 Å². The molecule has 0 heterocycles. The third kappa shape index (κ3) is 5.40. The third-order valence-electron chi connectivity index (χ3n) is 2.73. The van der Waals surface area contributed by atoms with Crippen LogP contribution in [0, 0.1) is 12.8 Å². The van der Waals surface area contributed by atoms with E-state index in [9.17, 15) is 4.79 Å². The van der Waals surface area contributed by atoms with Gasteiger partial charge >= 0.3 is 0 Å². The van der Waals surface area contributed by atoms with E-state index >= 15 is 0 Å². The Morgan fingerprint density at radius 1 is 1.44 bits per heavy atom. The van der Waals surface area contributed by atoms with E-state index in [-0.39, 0.29) is 5.91 Å². The van der Waals surface area contributed by atoms with Crippen LogP contribution >= 0.6 is 27.5 Å². The average molecular weight is 333 g/mol. The number of aryl methyl sites for hydroxylation is 1. The maximum atomic E-state index is 11.9. The first kappa shape index (κ1) is 15.5. The van der Waals surface area contributed by atoms with Gasteiger partial charge in [-0.1, -0.05) is 34.5 Å². The Bertz CT molecular complexity index is 389. The molecular formula is C14H19BrClNO. The second kappa shape index (κ2) is 7.80. The zero-order valence-corrected chi connectivity index (χ0v) is 13.1. The average Bonchev–Trinajstić information content (AvgIpc) is 2.32. The Morgan fingerprint density at radius 2 is 2.17 bits per heavy atom. The summed E-state index contributed by atoms with van der Waals surface area (Å²) in [6, 6.07) is 5.39. The number of halogens is 2. The smallest absolute Gasteiger partial charge is 0.251 e. The second-order valence-electron chi connectivity index (χ2n) is 4.67. The van der Waals surface area contributed by atoms with Gasteiger partial charge in [0.1, 0.15) is 0 Å². The highest BCUT2D eigenvalue weighted by molar-refractivity contribution is 9.09. The Labute approximate surface area is 122 Å². The summed E-state index contributed by atoms with van der Waals surface area (Å²) in [5.41, 5.74) is 1.63. The summed E-state index contributed by atoms with van der Waals surface area (Å²) in [5, 5.41) is 4.53. The zero-order valence-electron chi connectivity index (χ0n) is 10.8. The lowest BCUT2D eigenvalue weighted by Crippen LogP contribution is -2.24. The molecule has 1 amide bonds. The van der Waals surface area contributed by atoms with Crippen LogP contribution in [0.15, 0.2) is 18.2 Å². The number of rotatable bonds is 6. The Kier molecular flexibility index (Phi) is 6.72. The minimum absolute atomic E-state index is 0.0490. The van der Waals surface area contributed by atoms with Crippen molar-refractivity contribution in [3.8, 4) is 0 Å². The van der Waals surface area contributed by atoms with E-state index in [4.69, 9.17) is 11.6 Å². The van der Waals surface area contributed by atoms with E-state index in [1.807, 2.05) is 19.1 Å². The number of carbonyl (C=O) groups excluding carboxylic acids is 1. The van der Waals surface area contributed by atoms with Gasteiger partial charge in [0.15, 0.2) is 0 Å². The first-order valence-corrected chi connectivity index (χ1v) is 7.64. The normalized spacial score (nSPS) is 12.2. The number of nitrogens with one attached hydrogen (secondary N) is 1. The maximum Gasteiger partial charge on any atom is 0.251 e. The molecule has 100 valence electrons. The molecule has 1 aromatic rings. The molecule has 1 unspecified atom stereocenters. The molecule has 0 aromatic heterocycles. The molecule has 0 aliphatic carbocycles. The number of carbonyl (C=O) groups is 1. The van der Waals surface area contributed by atoms with Gasteiger partial charge in [0.2, 0.25) is 0 Å². The maximum absolute atomic E-state index is 11.9. The molecule has 0 fully saturated rings. The van der Waals surface area contributed by atoms with E-state index < -0.39 is 0 Å². The molecule has 4 heteroatoms. The van der Waals surface area contributed by atoms with Crippen molar-refractivity contribution in [2.75, 3.05) is 11.9 Å². The van der Waals surface area contributed by atoms with E-state index in [0.717, 1.165) is 23.7 Å². The molecular weight excluding hydrogens is 314 g/mol. The van der Waals surface area contributed by atoms with Crippen molar-refractivity contribution >= 4 is 33.4 Å². The highest BCUT2D eigenvalue weighted by Crippen LogP contribution is 2.14. The van der Waals surface area contributed by atoms with Crippen LogP contribution < -0.4 is 5.32 Å². The molecule has 2 nitrogen and oxygen atoms in total. The Hall–Kier alpha value is -0.540. The summed E-state index contributed by atoms with van der Waals surface area (Å²) in [6.45, 7) is 4.83. The van der Waals surface area contributed by atoms with Crippen molar-refractivity contribution in [2.24, 2.45) is 5.92 Å². The van der Waals surface area contributed by atoms with E-state index in [2.05, 4.69) is 28.2 Å². The van der Waals surface area contributed by atoms with Crippen LogP contribution in [0.1, 0.15) is 35.7 Å². The quantitative estimate of drug-likeness (QED) is 0.614. The van der Waals surface area contributed by atoms with Crippen LogP contribution in [-0.2, 0) is 0 Å². The summed E-state index contributed by atoms with van der Waals surface area (Å²) >= 11 is 9.38. The van der Waals surface area contributed by atoms with Gasteiger partial charge in [-0.3, -0.25) is 4.79 Å². The number of amides is 1. The predicted octanol–water partition coefficient (Wildman–Crippen LogP) is 4.19. The minimum Gasteiger partial charge on any atom is -0.352 e.